The lowest BCUT2D eigenvalue weighted by Gasteiger charge is -2.09. The predicted molar refractivity (Wildman–Crippen MR) is 167 cm³/mol. The summed E-state index contributed by atoms with van der Waals surface area (Å²) in [6.45, 7) is 0.800. The van der Waals surface area contributed by atoms with Crippen molar-refractivity contribution >= 4 is 0 Å². The molecule has 0 aliphatic carbocycles. The highest BCUT2D eigenvalue weighted by Crippen LogP contribution is 2.28. The number of hydrogen-bond acceptors (Lipinski definition) is 0. The highest BCUT2D eigenvalue weighted by atomic mass is 19.3. The molecule has 0 radical (unpaired) electrons. The fourth-order valence-corrected chi connectivity index (χ4v) is 4.57. The van der Waals surface area contributed by atoms with Crippen molar-refractivity contribution in [2.24, 2.45) is 0 Å². The van der Waals surface area contributed by atoms with Crippen LogP contribution in [0.3, 0.4) is 0 Å². The normalized spacial score (nSPS) is 10.4. The van der Waals surface area contributed by atoms with E-state index in [-0.39, 0.29) is 30.0 Å². The largest absolute Gasteiger partial charge is 0.298 e. The van der Waals surface area contributed by atoms with Gasteiger partial charge in [-0.2, -0.15) is 8.78 Å². The molecule has 0 saturated heterocycles. The van der Waals surface area contributed by atoms with Gasteiger partial charge in [-0.15, -0.1) is 0 Å². The molecule has 0 saturated carbocycles. The lowest BCUT2D eigenvalue weighted by molar-refractivity contribution is 0.400. The summed E-state index contributed by atoms with van der Waals surface area (Å²) in [5, 5.41) is 0. The van der Waals surface area contributed by atoms with Crippen molar-refractivity contribution in [3.05, 3.63) is 131 Å². The fraction of sp³-hybridized carbons (Fsp3) is 0.297. The molecule has 0 bridgehead atoms. The molecule has 47 heavy (non-hydrogen) atoms. The summed E-state index contributed by atoms with van der Waals surface area (Å²) in [5.41, 5.74) is 2.99. The second-order valence-corrected chi connectivity index (χ2v) is 10.6. The van der Waals surface area contributed by atoms with Gasteiger partial charge in [0.25, 0.3) is 6.08 Å². The maximum Gasteiger partial charge on any atom is 0.298 e. The quantitative estimate of drug-likeness (QED) is 0.104. The Labute approximate surface area is 268 Å². The maximum atomic E-state index is 14.1. The molecular weight excluding hydrogens is 634 g/mol. The van der Waals surface area contributed by atoms with Crippen molar-refractivity contribution in [2.45, 2.75) is 58.3 Å². The molecule has 4 rings (SSSR count). The highest BCUT2D eigenvalue weighted by molar-refractivity contribution is 5.66. The number of aryl methyl sites for hydroxylation is 2. The summed E-state index contributed by atoms with van der Waals surface area (Å²) in [6, 6.07) is 18.0. The Morgan fingerprint density at radius 1 is 0.553 bits per heavy atom. The van der Waals surface area contributed by atoms with Crippen LogP contribution >= 0.6 is 0 Å². The summed E-state index contributed by atoms with van der Waals surface area (Å²) < 4.78 is 123. The summed E-state index contributed by atoms with van der Waals surface area (Å²) in [7, 11) is 0. The van der Waals surface area contributed by atoms with E-state index in [1.54, 1.807) is 0 Å². The van der Waals surface area contributed by atoms with Gasteiger partial charge in [-0.1, -0.05) is 49.2 Å². The van der Waals surface area contributed by atoms with Crippen LogP contribution in [0.25, 0.3) is 22.3 Å². The maximum absolute atomic E-state index is 14.1. The second kappa shape index (κ2) is 20.9. The van der Waals surface area contributed by atoms with Crippen molar-refractivity contribution < 1.29 is 43.9 Å². The first-order valence-corrected chi connectivity index (χ1v) is 15.0. The molecule has 0 amide bonds. The average molecular weight is 671 g/mol. The van der Waals surface area contributed by atoms with Gasteiger partial charge in [0.05, 0.1) is 18.9 Å². The van der Waals surface area contributed by atoms with E-state index in [0.29, 0.717) is 30.4 Å². The number of unbranched alkanes of at least 4 members (excludes halogenated alkanes) is 4. The first-order chi connectivity index (χ1) is 22.5. The van der Waals surface area contributed by atoms with Gasteiger partial charge >= 0.3 is 0 Å². The Morgan fingerprint density at radius 3 is 1.60 bits per heavy atom. The van der Waals surface area contributed by atoms with Gasteiger partial charge in [0.1, 0.15) is 29.1 Å². The Hall–Kier alpha value is -4.08. The molecule has 0 nitrogen and oxygen atoms in total. The Bertz CT molecular complexity index is 1500. The van der Waals surface area contributed by atoms with Crippen molar-refractivity contribution in [1.29, 1.82) is 0 Å². The number of alkyl halides is 2. The molecule has 0 spiro atoms. The van der Waals surface area contributed by atoms with E-state index in [9.17, 15) is 43.9 Å². The van der Waals surface area contributed by atoms with Gasteiger partial charge < -0.3 is 0 Å². The zero-order valence-corrected chi connectivity index (χ0v) is 25.9. The van der Waals surface area contributed by atoms with Gasteiger partial charge in [-0.3, -0.25) is 8.78 Å². The third-order valence-electron chi connectivity index (χ3n) is 7.06. The van der Waals surface area contributed by atoms with E-state index in [0.717, 1.165) is 49.3 Å². The Kier molecular flexibility index (Phi) is 17.4. The lowest BCUT2D eigenvalue weighted by atomic mass is 9.99. The van der Waals surface area contributed by atoms with Crippen LogP contribution in [-0.4, -0.2) is 13.3 Å². The summed E-state index contributed by atoms with van der Waals surface area (Å²) in [4.78, 5) is 0. The van der Waals surface area contributed by atoms with Gasteiger partial charge in [0, 0.05) is 5.56 Å². The van der Waals surface area contributed by atoms with Crippen LogP contribution in [-0.2, 0) is 12.8 Å². The van der Waals surface area contributed by atoms with E-state index < -0.39 is 41.5 Å². The molecule has 0 heterocycles. The third kappa shape index (κ3) is 13.7. The van der Waals surface area contributed by atoms with Crippen molar-refractivity contribution in [2.75, 3.05) is 13.3 Å². The lowest BCUT2D eigenvalue weighted by Crippen LogP contribution is -1.96. The second-order valence-electron chi connectivity index (χ2n) is 10.6. The zero-order valence-electron chi connectivity index (χ0n) is 25.9. The molecular formula is C37H36F10. The molecule has 254 valence electrons. The molecule has 0 aliphatic rings. The van der Waals surface area contributed by atoms with Crippen LogP contribution in [0.1, 0.15) is 55.2 Å². The van der Waals surface area contributed by atoms with Crippen LogP contribution in [0, 0.1) is 36.0 Å². The van der Waals surface area contributed by atoms with E-state index >= 15 is 0 Å². The van der Waals surface area contributed by atoms with Gasteiger partial charge in [0.15, 0.2) is 6.33 Å². The Morgan fingerprint density at radius 2 is 1.06 bits per heavy atom. The molecule has 4 aromatic rings. The van der Waals surface area contributed by atoms with Gasteiger partial charge in [-0.25, -0.2) is 26.3 Å². The highest BCUT2D eigenvalue weighted by Gasteiger charge is 2.14. The first kappa shape index (κ1) is 39.1. The number of hydrogen-bond donors (Lipinski definition) is 0. The van der Waals surface area contributed by atoms with Crippen molar-refractivity contribution in [1.82, 2.24) is 0 Å². The Balaban J connectivity index is 0.000000287. The molecule has 0 aromatic heterocycles. The minimum absolute atomic E-state index is 0.0385. The smallest absolute Gasteiger partial charge is 0.251 e. The summed E-state index contributed by atoms with van der Waals surface area (Å²) in [6.07, 6.45) is 2.61. The minimum Gasteiger partial charge on any atom is -0.251 e. The number of halogens is 10. The fourth-order valence-electron chi connectivity index (χ4n) is 4.57. The minimum atomic E-state index is -2.29. The molecule has 0 N–H and O–H groups in total. The van der Waals surface area contributed by atoms with Crippen LogP contribution in [0.4, 0.5) is 43.9 Å². The van der Waals surface area contributed by atoms with Crippen LogP contribution in [0.15, 0.2) is 85.2 Å². The molecule has 0 fully saturated rings. The summed E-state index contributed by atoms with van der Waals surface area (Å²) in [5.74, 6) is -2.99. The summed E-state index contributed by atoms with van der Waals surface area (Å²) >= 11 is 0. The van der Waals surface area contributed by atoms with E-state index in [4.69, 9.17) is 0 Å². The van der Waals surface area contributed by atoms with E-state index in [1.165, 1.54) is 49.4 Å². The zero-order chi connectivity index (χ0) is 34.8. The van der Waals surface area contributed by atoms with Gasteiger partial charge in [-0.05, 0) is 110 Å². The standard InChI is InChI=1S/C18H18F4.C17H17F3.C2HF3/c19-9-4-2-1-3-6-13-10-16(21)18(17(22)11-13)14-7-5-8-15(20)12-14;1-12-16(19)10-15(11-17(12)20)14-7-5-13(6-8-14)4-2-3-9-18;3-1-2(4)5/h5,7-8,10-12H,1-4,6,9H2;5-8,10-11H,2-4,9H2,1H3;1H. The number of benzene rings is 4. The predicted octanol–water partition coefficient (Wildman–Crippen LogP) is 12.8. The van der Waals surface area contributed by atoms with Crippen LogP contribution in [0.5, 0.6) is 0 Å². The van der Waals surface area contributed by atoms with E-state index in [2.05, 4.69) is 0 Å². The average Bonchev–Trinajstić information content (AvgIpc) is 3.04. The van der Waals surface area contributed by atoms with Gasteiger partial charge in [0.2, 0.25) is 0 Å². The molecule has 0 aliphatic heterocycles. The molecule has 10 heteroatoms. The van der Waals surface area contributed by atoms with Crippen molar-refractivity contribution in [3.63, 3.8) is 0 Å². The first-order valence-electron chi connectivity index (χ1n) is 15.0. The van der Waals surface area contributed by atoms with E-state index in [1.807, 2.05) is 24.3 Å². The number of rotatable bonds is 12. The topological polar surface area (TPSA) is 0 Å². The monoisotopic (exact) mass is 670 g/mol. The molecule has 0 atom stereocenters. The van der Waals surface area contributed by atoms with Crippen LogP contribution < -0.4 is 0 Å². The molecule has 0 unspecified atom stereocenters. The third-order valence-corrected chi connectivity index (χ3v) is 7.06. The molecule has 4 aromatic carbocycles. The van der Waals surface area contributed by atoms with Crippen LogP contribution in [0.2, 0.25) is 0 Å². The SMILES string of the molecule is Cc1c(F)cc(-c2ccc(CCCCF)cc2)cc1F.FC=C(F)F.FCCCCCCc1cc(F)c(-c2cccc(F)c2)c(F)c1. The van der Waals surface area contributed by atoms with Crippen molar-refractivity contribution in [3.8, 4) is 22.3 Å².